The first-order valence-electron chi connectivity index (χ1n) is 10.7. The van der Waals surface area contributed by atoms with E-state index in [-0.39, 0.29) is 0 Å². The molecule has 0 saturated carbocycles. The summed E-state index contributed by atoms with van der Waals surface area (Å²) < 4.78 is 5.95. The Morgan fingerprint density at radius 1 is 1.21 bits per heavy atom. The summed E-state index contributed by atoms with van der Waals surface area (Å²) in [5.41, 5.74) is 5.92. The van der Waals surface area contributed by atoms with Crippen molar-refractivity contribution in [2.45, 2.75) is 40.0 Å². The Balaban J connectivity index is 1.69. The van der Waals surface area contributed by atoms with Crippen LogP contribution in [-0.4, -0.2) is 42.0 Å². The maximum absolute atomic E-state index is 5.95. The van der Waals surface area contributed by atoms with Crippen LogP contribution in [0, 0.1) is 0 Å². The van der Waals surface area contributed by atoms with Crippen molar-refractivity contribution in [3.63, 3.8) is 0 Å². The maximum Gasteiger partial charge on any atom is 0.231 e. The molecule has 2 aliphatic rings. The number of hydrogen-bond donors (Lipinski definition) is 0. The lowest BCUT2D eigenvalue weighted by Gasteiger charge is -2.29. The van der Waals surface area contributed by atoms with Crippen molar-refractivity contribution in [3.8, 4) is 0 Å². The van der Waals surface area contributed by atoms with Crippen LogP contribution in [0.2, 0.25) is 0 Å². The SMILES string of the molecule is C=C1C=CC(OCCCN(CC)CC)=NN1/C(=C\C)C1=Cc2ccccc2CC1. The summed E-state index contributed by atoms with van der Waals surface area (Å²) in [5.74, 6) is 0.646. The first kappa shape index (κ1) is 21.1. The fourth-order valence-electron chi connectivity index (χ4n) is 3.80. The molecule has 1 aliphatic carbocycles. The summed E-state index contributed by atoms with van der Waals surface area (Å²) in [7, 11) is 0. The second kappa shape index (κ2) is 10.3. The van der Waals surface area contributed by atoms with Crippen molar-refractivity contribution in [2.75, 3.05) is 26.2 Å². The second-order valence-electron chi connectivity index (χ2n) is 7.35. The van der Waals surface area contributed by atoms with Crippen LogP contribution in [-0.2, 0) is 11.2 Å². The van der Waals surface area contributed by atoms with Gasteiger partial charge in [0.25, 0.3) is 0 Å². The number of hydrazone groups is 1. The molecule has 1 heterocycles. The molecule has 1 aromatic carbocycles. The van der Waals surface area contributed by atoms with Gasteiger partial charge in [0.2, 0.25) is 5.90 Å². The number of rotatable bonds is 8. The molecule has 0 atom stereocenters. The van der Waals surface area contributed by atoms with Crippen molar-refractivity contribution in [2.24, 2.45) is 5.10 Å². The predicted molar refractivity (Wildman–Crippen MR) is 122 cm³/mol. The standard InChI is InChI=1S/C25H33N3O/c1-5-24(23-15-14-21-11-8-9-12-22(21)19-23)28-20(4)13-16-25(26-28)29-18-10-17-27(6-2)7-3/h5,8-9,11-13,16,19H,4,6-7,10,14-15,17-18H2,1-3H3/b24-5-. The lowest BCUT2D eigenvalue weighted by molar-refractivity contribution is 0.239. The number of nitrogens with zero attached hydrogens (tertiary/aromatic N) is 3. The summed E-state index contributed by atoms with van der Waals surface area (Å²) in [5, 5.41) is 6.66. The molecule has 4 nitrogen and oxygen atoms in total. The van der Waals surface area contributed by atoms with Gasteiger partial charge in [0.05, 0.1) is 18.0 Å². The van der Waals surface area contributed by atoms with Gasteiger partial charge in [-0.2, -0.15) is 0 Å². The van der Waals surface area contributed by atoms with Gasteiger partial charge in [0.15, 0.2) is 0 Å². The van der Waals surface area contributed by atoms with Gasteiger partial charge in [-0.1, -0.05) is 50.8 Å². The van der Waals surface area contributed by atoms with E-state index in [1.807, 2.05) is 17.2 Å². The smallest absolute Gasteiger partial charge is 0.231 e. The topological polar surface area (TPSA) is 28.1 Å². The highest BCUT2D eigenvalue weighted by molar-refractivity contribution is 5.89. The molecule has 0 aromatic heterocycles. The van der Waals surface area contributed by atoms with Gasteiger partial charge < -0.3 is 9.64 Å². The van der Waals surface area contributed by atoms with E-state index in [9.17, 15) is 0 Å². The Morgan fingerprint density at radius 3 is 2.76 bits per heavy atom. The molecular formula is C25H33N3O. The molecule has 0 bridgehead atoms. The van der Waals surface area contributed by atoms with Gasteiger partial charge in [0.1, 0.15) is 0 Å². The van der Waals surface area contributed by atoms with E-state index < -0.39 is 0 Å². The van der Waals surface area contributed by atoms with E-state index in [0.29, 0.717) is 12.5 Å². The molecule has 0 amide bonds. The van der Waals surface area contributed by atoms with Gasteiger partial charge in [0, 0.05) is 12.6 Å². The molecule has 0 saturated heterocycles. The average molecular weight is 392 g/mol. The summed E-state index contributed by atoms with van der Waals surface area (Å²) in [4.78, 5) is 2.40. The van der Waals surface area contributed by atoms with Crippen LogP contribution in [0.1, 0.15) is 44.7 Å². The minimum atomic E-state index is 0.646. The molecule has 154 valence electrons. The third-order valence-electron chi connectivity index (χ3n) is 5.53. The maximum atomic E-state index is 5.95. The second-order valence-corrected chi connectivity index (χ2v) is 7.35. The molecule has 29 heavy (non-hydrogen) atoms. The highest BCUT2D eigenvalue weighted by Crippen LogP contribution is 2.32. The number of benzene rings is 1. The van der Waals surface area contributed by atoms with E-state index >= 15 is 0 Å². The minimum Gasteiger partial charge on any atom is -0.477 e. The van der Waals surface area contributed by atoms with Crippen LogP contribution in [0.25, 0.3) is 6.08 Å². The highest BCUT2D eigenvalue weighted by atomic mass is 16.5. The lowest BCUT2D eigenvalue weighted by atomic mass is 9.90. The number of aryl methyl sites for hydroxylation is 1. The fourth-order valence-corrected chi connectivity index (χ4v) is 3.80. The van der Waals surface area contributed by atoms with Gasteiger partial charge in [-0.3, -0.25) is 0 Å². The highest BCUT2D eigenvalue weighted by Gasteiger charge is 2.21. The van der Waals surface area contributed by atoms with Crippen molar-refractivity contribution < 1.29 is 4.74 Å². The molecule has 0 N–H and O–H groups in total. The van der Waals surface area contributed by atoms with Gasteiger partial charge in [-0.15, -0.1) is 5.10 Å². The Bertz CT molecular complexity index is 843. The lowest BCUT2D eigenvalue weighted by Crippen LogP contribution is -2.26. The Hall–Kier alpha value is -2.59. The third-order valence-corrected chi connectivity index (χ3v) is 5.53. The molecular weight excluding hydrogens is 358 g/mol. The molecule has 1 aromatic rings. The van der Waals surface area contributed by atoms with Crippen molar-refractivity contribution in [3.05, 3.63) is 77.2 Å². The molecule has 1 aliphatic heterocycles. The van der Waals surface area contributed by atoms with E-state index in [4.69, 9.17) is 9.84 Å². The van der Waals surface area contributed by atoms with E-state index in [0.717, 1.165) is 50.3 Å². The van der Waals surface area contributed by atoms with Crippen LogP contribution in [0.4, 0.5) is 0 Å². The predicted octanol–water partition coefficient (Wildman–Crippen LogP) is 5.37. The van der Waals surface area contributed by atoms with E-state index in [1.54, 1.807) is 0 Å². The van der Waals surface area contributed by atoms with Crippen LogP contribution in [0.15, 0.2) is 71.1 Å². The summed E-state index contributed by atoms with van der Waals surface area (Å²) in [6.07, 6.45) is 11.3. The summed E-state index contributed by atoms with van der Waals surface area (Å²) in [6.45, 7) is 14.5. The zero-order chi connectivity index (χ0) is 20.6. The zero-order valence-electron chi connectivity index (χ0n) is 18.0. The average Bonchev–Trinajstić information content (AvgIpc) is 2.76. The monoisotopic (exact) mass is 391 g/mol. The number of hydrogen-bond acceptors (Lipinski definition) is 4. The van der Waals surface area contributed by atoms with Gasteiger partial charge in [-0.05, 0) is 68.1 Å². The van der Waals surface area contributed by atoms with Gasteiger partial charge in [-0.25, -0.2) is 5.01 Å². The minimum absolute atomic E-state index is 0.646. The van der Waals surface area contributed by atoms with Crippen LogP contribution < -0.4 is 0 Å². The summed E-state index contributed by atoms with van der Waals surface area (Å²) >= 11 is 0. The molecule has 3 rings (SSSR count). The largest absolute Gasteiger partial charge is 0.477 e. The van der Waals surface area contributed by atoms with E-state index in [1.165, 1.54) is 16.7 Å². The Morgan fingerprint density at radius 2 is 2.00 bits per heavy atom. The van der Waals surface area contributed by atoms with Crippen molar-refractivity contribution in [1.29, 1.82) is 0 Å². The number of allylic oxidation sites excluding steroid dienone is 3. The van der Waals surface area contributed by atoms with Crippen LogP contribution in [0.3, 0.4) is 0 Å². The molecule has 4 heteroatoms. The quantitative estimate of drug-likeness (QED) is 0.558. The first-order valence-corrected chi connectivity index (χ1v) is 10.7. The number of ether oxygens (including phenoxy) is 1. The normalized spacial score (nSPS) is 16.6. The Labute approximate surface area is 175 Å². The number of fused-ring (bicyclic) bond motifs is 1. The Kier molecular flexibility index (Phi) is 7.48. The molecule has 0 spiro atoms. The van der Waals surface area contributed by atoms with Crippen LogP contribution >= 0.6 is 0 Å². The summed E-state index contributed by atoms with van der Waals surface area (Å²) in [6, 6.07) is 8.60. The molecule has 0 radical (unpaired) electrons. The molecule has 0 fully saturated rings. The fraction of sp³-hybridized carbons (Fsp3) is 0.400. The third kappa shape index (κ3) is 5.27. The van der Waals surface area contributed by atoms with Crippen molar-refractivity contribution >= 4 is 12.0 Å². The van der Waals surface area contributed by atoms with E-state index in [2.05, 4.69) is 68.7 Å². The van der Waals surface area contributed by atoms with Gasteiger partial charge >= 0.3 is 0 Å². The van der Waals surface area contributed by atoms with Crippen LogP contribution in [0.5, 0.6) is 0 Å². The zero-order valence-corrected chi connectivity index (χ0v) is 18.0. The van der Waals surface area contributed by atoms with Crippen molar-refractivity contribution in [1.82, 2.24) is 9.91 Å². The molecule has 0 unspecified atom stereocenters. The first-order chi connectivity index (χ1) is 14.2.